The Labute approximate surface area is 142 Å². The fourth-order valence-corrected chi connectivity index (χ4v) is 3.41. The van der Waals surface area contributed by atoms with Crippen LogP contribution >= 0.6 is 0 Å². The van der Waals surface area contributed by atoms with Gasteiger partial charge in [0.25, 0.3) is 5.56 Å². The molecule has 0 spiro atoms. The van der Waals surface area contributed by atoms with Crippen molar-refractivity contribution in [1.29, 1.82) is 0 Å². The first-order valence-electron chi connectivity index (χ1n) is 8.00. The van der Waals surface area contributed by atoms with E-state index in [4.69, 9.17) is 14.2 Å². The molecule has 1 saturated heterocycles. The lowest BCUT2D eigenvalue weighted by Crippen LogP contribution is -2.37. The molecule has 2 atom stereocenters. The molecule has 0 aliphatic carbocycles. The van der Waals surface area contributed by atoms with Crippen molar-refractivity contribution < 1.29 is 24.1 Å². The minimum absolute atomic E-state index is 0.162. The van der Waals surface area contributed by atoms with Crippen molar-refractivity contribution in [3.8, 4) is 11.5 Å². The number of esters is 1. The first-order chi connectivity index (χ1) is 12.0. The average Bonchev–Trinajstić information content (AvgIpc) is 3.18. The molecular weight excluding hydrogens is 328 g/mol. The number of pyridine rings is 1. The third-order valence-electron chi connectivity index (χ3n) is 4.64. The Morgan fingerprint density at radius 2 is 2.12 bits per heavy atom. The zero-order valence-electron chi connectivity index (χ0n) is 13.7. The second-order valence-corrected chi connectivity index (χ2v) is 6.27. The van der Waals surface area contributed by atoms with Gasteiger partial charge in [-0.15, -0.1) is 0 Å². The van der Waals surface area contributed by atoms with Crippen molar-refractivity contribution in [2.45, 2.75) is 25.1 Å². The molecule has 0 radical (unpaired) electrons. The first-order valence-corrected chi connectivity index (χ1v) is 8.00. The van der Waals surface area contributed by atoms with Crippen LogP contribution in [0.2, 0.25) is 0 Å². The van der Waals surface area contributed by atoms with Crippen LogP contribution in [0, 0.1) is 0 Å². The Kier molecular flexibility index (Phi) is 3.85. The molecule has 2 aliphatic heterocycles. The number of β-amino-alcohol motifs (C(OH)–C–C–N with tert-alkyl or cyclic N) is 1. The maximum atomic E-state index is 12.4. The van der Waals surface area contributed by atoms with E-state index in [-0.39, 0.29) is 18.9 Å². The maximum absolute atomic E-state index is 12.4. The van der Waals surface area contributed by atoms with E-state index in [1.165, 1.54) is 7.11 Å². The Bertz CT molecular complexity index is 893. The van der Waals surface area contributed by atoms with Crippen molar-refractivity contribution in [1.82, 2.24) is 9.88 Å². The number of rotatable bonds is 3. The van der Waals surface area contributed by atoms with Gasteiger partial charge in [-0.05, 0) is 12.1 Å². The number of carbonyl (C=O) groups is 1. The topological polar surface area (TPSA) is 101 Å². The standard InChI is InChI=1S/C17H18N2O6/c1-23-17(22)13-4-11(20)7-19(13)6-10-2-9-3-14-15(25-8-24-14)5-12(9)18-16(10)21/h2-3,5,11,13,20H,4,6-8H2,1H3,(H,18,21)/t11-,13+/m1/s1. The van der Waals surface area contributed by atoms with Gasteiger partial charge in [-0.3, -0.25) is 14.5 Å². The lowest BCUT2D eigenvalue weighted by atomic mass is 10.1. The number of ether oxygens (including phenoxy) is 3. The maximum Gasteiger partial charge on any atom is 0.323 e. The van der Waals surface area contributed by atoms with E-state index in [1.807, 2.05) is 6.07 Å². The molecule has 2 aliphatic rings. The number of H-pyrrole nitrogens is 1. The molecule has 0 saturated carbocycles. The van der Waals surface area contributed by atoms with Crippen molar-refractivity contribution in [3.05, 3.63) is 34.1 Å². The molecule has 1 fully saturated rings. The molecule has 1 aromatic carbocycles. The van der Waals surface area contributed by atoms with E-state index in [0.717, 1.165) is 5.39 Å². The molecule has 8 nitrogen and oxygen atoms in total. The summed E-state index contributed by atoms with van der Waals surface area (Å²) in [6.07, 6.45) is -0.311. The van der Waals surface area contributed by atoms with Gasteiger partial charge in [-0.2, -0.15) is 0 Å². The van der Waals surface area contributed by atoms with Crippen molar-refractivity contribution in [2.24, 2.45) is 0 Å². The summed E-state index contributed by atoms with van der Waals surface area (Å²) in [5.74, 6) is 0.830. The molecule has 2 N–H and O–H groups in total. The Morgan fingerprint density at radius 1 is 1.36 bits per heavy atom. The molecule has 0 unspecified atom stereocenters. The highest BCUT2D eigenvalue weighted by molar-refractivity contribution is 5.83. The molecule has 0 amide bonds. The molecule has 8 heteroatoms. The number of carbonyl (C=O) groups excluding carboxylic acids is 1. The third kappa shape index (κ3) is 2.83. The van der Waals surface area contributed by atoms with E-state index >= 15 is 0 Å². The molecule has 0 bridgehead atoms. The number of methoxy groups -OCH3 is 1. The molecule has 4 rings (SSSR count). The van der Waals surface area contributed by atoms with E-state index < -0.39 is 18.1 Å². The number of aliphatic hydroxyl groups is 1. The Hall–Kier alpha value is -2.58. The van der Waals surface area contributed by atoms with Crippen molar-refractivity contribution in [2.75, 3.05) is 20.4 Å². The minimum Gasteiger partial charge on any atom is -0.468 e. The smallest absolute Gasteiger partial charge is 0.323 e. The van der Waals surface area contributed by atoms with Crippen molar-refractivity contribution in [3.63, 3.8) is 0 Å². The number of nitrogens with zero attached hydrogens (tertiary/aromatic N) is 1. The summed E-state index contributed by atoms with van der Waals surface area (Å²) < 4.78 is 15.5. The van der Waals surface area contributed by atoms with Gasteiger partial charge in [0.2, 0.25) is 6.79 Å². The molecule has 132 valence electrons. The quantitative estimate of drug-likeness (QED) is 0.774. The van der Waals surface area contributed by atoms with Gasteiger partial charge in [-0.25, -0.2) is 0 Å². The van der Waals surface area contributed by atoms with Crippen LogP contribution in [0.15, 0.2) is 23.0 Å². The number of hydrogen-bond donors (Lipinski definition) is 2. The lowest BCUT2D eigenvalue weighted by molar-refractivity contribution is -0.146. The number of aromatic amines is 1. The fourth-order valence-electron chi connectivity index (χ4n) is 3.41. The van der Waals surface area contributed by atoms with Gasteiger partial charge in [0, 0.05) is 36.5 Å². The number of aliphatic hydroxyl groups excluding tert-OH is 1. The molecule has 2 aromatic rings. The number of aromatic nitrogens is 1. The van der Waals surface area contributed by atoms with Gasteiger partial charge >= 0.3 is 5.97 Å². The van der Waals surface area contributed by atoms with Crippen LogP contribution in [-0.4, -0.2) is 53.6 Å². The van der Waals surface area contributed by atoms with E-state index in [0.29, 0.717) is 35.5 Å². The highest BCUT2D eigenvalue weighted by atomic mass is 16.7. The number of fused-ring (bicyclic) bond motifs is 2. The van der Waals surface area contributed by atoms with Crippen LogP contribution in [0.4, 0.5) is 0 Å². The van der Waals surface area contributed by atoms with Gasteiger partial charge < -0.3 is 24.3 Å². The summed E-state index contributed by atoms with van der Waals surface area (Å²) in [4.78, 5) is 28.9. The number of nitrogens with one attached hydrogen (secondary N) is 1. The summed E-state index contributed by atoms with van der Waals surface area (Å²) in [5, 5.41) is 10.7. The Morgan fingerprint density at radius 3 is 2.88 bits per heavy atom. The molecular formula is C17H18N2O6. The summed E-state index contributed by atoms with van der Waals surface area (Å²) in [5.41, 5.74) is 0.926. The number of benzene rings is 1. The van der Waals surface area contributed by atoms with Gasteiger partial charge in [-0.1, -0.05) is 0 Å². The largest absolute Gasteiger partial charge is 0.468 e. The van der Waals surface area contributed by atoms with Crippen LogP contribution < -0.4 is 15.0 Å². The van der Waals surface area contributed by atoms with Gasteiger partial charge in [0.05, 0.1) is 18.7 Å². The van der Waals surface area contributed by atoms with E-state index in [9.17, 15) is 14.7 Å². The predicted octanol–water partition coefficient (Wildman–Crippen LogP) is 0.365. The monoisotopic (exact) mass is 346 g/mol. The Balaban J connectivity index is 1.67. The first kappa shape index (κ1) is 15.9. The van der Waals surface area contributed by atoms with Crippen molar-refractivity contribution >= 4 is 16.9 Å². The summed E-state index contributed by atoms with van der Waals surface area (Å²) in [6.45, 7) is 0.726. The van der Waals surface area contributed by atoms with Crippen LogP contribution in [0.1, 0.15) is 12.0 Å². The zero-order chi connectivity index (χ0) is 17.6. The lowest BCUT2D eigenvalue weighted by Gasteiger charge is -2.21. The summed E-state index contributed by atoms with van der Waals surface area (Å²) in [6, 6.07) is 4.77. The third-order valence-corrected chi connectivity index (χ3v) is 4.64. The average molecular weight is 346 g/mol. The molecule has 25 heavy (non-hydrogen) atoms. The molecule has 3 heterocycles. The fraction of sp³-hybridized carbons (Fsp3) is 0.412. The second kappa shape index (κ2) is 6.05. The number of likely N-dealkylation sites (tertiary alicyclic amines) is 1. The second-order valence-electron chi connectivity index (χ2n) is 6.27. The highest BCUT2D eigenvalue weighted by Crippen LogP contribution is 2.35. The highest BCUT2D eigenvalue weighted by Gasteiger charge is 2.37. The van der Waals surface area contributed by atoms with Crippen LogP contribution in [-0.2, 0) is 16.1 Å². The minimum atomic E-state index is -0.613. The van der Waals surface area contributed by atoms with Gasteiger partial charge in [0.15, 0.2) is 11.5 Å². The summed E-state index contributed by atoms with van der Waals surface area (Å²) in [7, 11) is 1.32. The van der Waals surface area contributed by atoms with E-state index in [1.54, 1.807) is 17.0 Å². The van der Waals surface area contributed by atoms with E-state index in [2.05, 4.69) is 4.98 Å². The normalized spacial score (nSPS) is 22.5. The summed E-state index contributed by atoms with van der Waals surface area (Å²) >= 11 is 0. The van der Waals surface area contributed by atoms with Crippen LogP contribution in [0.25, 0.3) is 10.9 Å². The van der Waals surface area contributed by atoms with Crippen LogP contribution in [0.3, 0.4) is 0 Å². The van der Waals surface area contributed by atoms with Gasteiger partial charge in [0.1, 0.15) is 6.04 Å². The SMILES string of the molecule is COC(=O)[C@@H]1C[C@@H](O)CN1Cc1cc2cc3c(cc2[nH]c1=O)OCO3. The predicted molar refractivity (Wildman–Crippen MR) is 87.5 cm³/mol. The number of hydrogen-bond acceptors (Lipinski definition) is 7. The zero-order valence-corrected chi connectivity index (χ0v) is 13.7. The molecule has 1 aromatic heterocycles. The van der Waals surface area contributed by atoms with Crippen LogP contribution in [0.5, 0.6) is 11.5 Å².